The van der Waals surface area contributed by atoms with Gasteiger partial charge in [-0.2, -0.15) is 13.2 Å². The molecule has 108 valence electrons. The highest BCUT2D eigenvalue weighted by Gasteiger charge is 2.38. The summed E-state index contributed by atoms with van der Waals surface area (Å²) in [5.41, 5.74) is 0.595. The van der Waals surface area contributed by atoms with Crippen LogP contribution < -0.4 is 5.84 Å². The van der Waals surface area contributed by atoms with E-state index in [4.69, 9.17) is 29.0 Å². The van der Waals surface area contributed by atoms with E-state index < -0.39 is 12.0 Å². The highest BCUT2D eigenvalue weighted by Crippen LogP contribution is 2.33. The molecule has 2 aromatic rings. The molecule has 0 amide bonds. The van der Waals surface area contributed by atoms with Crippen molar-refractivity contribution in [2.24, 2.45) is 0 Å². The van der Waals surface area contributed by atoms with Crippen LogP contribution >= 0.6 is 35.0 Å². The maximum absolute atomic E-state index is 12.5. The minimum absolute atomic E-state index is 0.0756. The number of thioether (sulfide) groups is 1. The molecular weight excluding hydrogens is 336 g/mol. The molecule has 1 heterocycles. The van der Waals surface area contributed by atoms with Gasteiger partial charge in [-0.25, -0.2) is 4.68 Å². The van der Waals surface area contributed by atoms with Gasteiger partial charge in [-0.1, -0.05) is 41.0 Å². The van der Waals surface area contributed by atoms with Gasteiger partial charge in [0, 0.05) is 15.8 Å². The van der Waals surface area contributed by atoms with Crippen LogP contribution in [-0.2, 0) is 11.9 Å². The summed E-state index contributed by atoms with van der Waals surface area (Å²) in [6.07, 6.45) is -4.65. The van der Waals surface area contributed by atoms with Crippen molar-refractivity contribution in [2.75, 3.05) is 5.84 Å². The zero-order valence-corrected chi connectivity index (χ0v) is 12.0. The van der Waals surface area contributed by atoms with Gasteiger partial charge in [0.25, 0.3) is 5.82 Å². The molecule has 1 aromatic carbocycles. The summed E-state index contributed by atoms with van der Waals surface area (Å²) in [6.45, 7) is 0. The Morgan fingerprint density at radius 3 is 2.30 bits per heavy atom. The first kappa shape index (κ1) is 15.3. The Morgan fingerprint density at radius 2 is 1.80 bits per heavy atom. The fourth-order valence-corrected chi connectivity index (χ4v) is 2.97. The standard InChI is InChI=1S/C10H7Cl2F3N4S/c11-6-2-1-3-7(12)5(6)4-20-9-18-17-8(19(9)16)10(13,14)15/h1-3H,4,16H2. The number of aromatic nitrogens is 3. The molecule has 2 N–H and O–H groups in total. The smallest absolute Gasteiger partial charge is 0.335 e. The second-order valence-corrected chi connectivity index (χ2v) is 5.42. The van der Waals surface area contributed by atoms with Gasteiger partial charge in [0.1, 0.15) is 0 Å². The molecule has 10 heteroatoms. The van der Waals surface area contributed by atoms with E-state index >= 15 is 0 Å². The monoisotopic (exact) mass is 342 g/mol. The molecule has 0 saturated carbocycles. The van der Waals surface area contributed by atoms with E-state index in [1.807, 2.05) is 0 Å². The Bertz CT molecular complexity index is 609. The van der Waals surface area contributed by atoms with Crippen molar-refractivity contribution in [3.8, 4) is 0 Å². The SMILES string of the molecule is Nn1c(SCc2c(Cl)cccc2Cl)nnc1C(F)(F)F. The van der Waals surface area contributed by atoms with Crippen LogP contribution in [0.3, 0.4) is 0 Å². The van der Waals surface area contributed by atoms with Crippen LogP contribution in [0.1, 0.15) is 11.4 Å². The average Bonchev–Trinajstić information content (AvgIpc) is 2.70. The van der Waals surface area contributed by atoms with E-state index in [2.05, 4.69) is 10.2 Å². The molecule has 0 radical (unpaired) electrons. The third kappa shape index (κ3) is 3.13. The number of alkyl halides is 3. The van der Waals surface area contributed by atoms with Gasteiger partial charge in [-0.05, 0) is 17.7 Å². The number of nitrogen functional groups attached to an aromatic ring is 1. The number of nitrogens with zero attached hydrogens (tertiary/aromatic N) is 3. The van der Waals surface area contributed by atoms with Crippen LogP contribution in [0.4, 0.5) is 13.2 Å². The summed E-state index contributed by atoms with van der Waals surface area (Å²) in [6, 6.07) is 4.95. The molecule has 1 aromatic heterocycles. The van der Waals surface area contributed by atoms with Gasteiger partial charge in [0.05, 0.1) is 0 Å². The highest BCUT2D eigenvalue weighted by atomic mass is 35.5. The molecule has 0 unspecified atom stereocenters. The average molecular weight is 343 g/mol. The third-order valence-electron chi connectivity index (χ3n) is 2.33. The molecule has 0 bridgehead atoms. The van der Waals surface area contributed by atoms with Crippen LogP contribution in [-0.4, -0.2) is 14.9 Å². The fourth-order valence-electron chi connectivity index (χ4n) is 1.38. The van der Waals surface area contributed by atoms with E-state index in [1.54, 1.807) is 18.2 Å². The number of benzene rings is 1. The Labute approximate surface area is 126 Å². The minimum atomic E-state index is -4.65. The lowest BCUT2D eigenvalue weighted by molar-refractivity contribution is -0.146. The van der Waals surface area contributed by atoms with Gasteiger partial charge < -0.3 is 5.84 Å². The third-order valence-corrected chi connectivity index (χ3v) is 4.00. The normalized spacial score (nSPS) is 11.8. The van der Waals surface area contributed by atoms with Gasteiger partial charge in [0.2, 0.25) is 5.16 Å². The molecule has 0 aliphatic heterocycles. The van der Waals surface area contributed by atoms with E-state index in [-0.39, 0.29) is 10.9 Å². The van der Waals surface area contributed by atoms with Gasteiger partial charge in [-0.3, -0.25) is 0 Å². The second kappa shape index (κ2) is 5.71. The quantitative estimate of drug-likeness (QED) is 0.683. The van der Waals surface area contributed by atoms with Gasteiger partial charge >= 0.3 is 6.18 Å². The Balaban J connectivity index is 2.18. The molecular formula is C10H7Cl2F3N4S. The maximum Gasteiger partial charge on any atom is 0.453 e. The number of hydrogen-bond donors (Lipinski definition) is 1. The molecule has 4 nitrogen and oxygen atoms in total. The van der Waals surface area contributed by atoms with Crippen molar-refractivity contribution in [1.82, 2.24) is 14.9 Å². The van der Waals surface area contributed by atoms with Crippen molar-refractivity contribution in [1.29, 1.82) is 0 Å². The summed E-state index contributed by atoms with van der Waals surface area (Å²) in [7, 11) is 0. The van der Waals surface area contributed by atoms with E-state index in [1.165, 1.54) is 0 Å². The Morgan fingerprint density at radius 1 is 1.20 bits per heavy atom. The molecule has 0 saturated heterocycles. The minimum Gasteiger partial charge on any atom is -0.335 e. The van der Waals surface area contributed by atoms with Crippen molar-refractivity contribution < 1.29 is 13.2 Å². The Kier molecular flexibility index (Phi) is 4.36. The summed E-state index contributed by atoms with van der Waals surface area (Å²) in [5.74, 6) is 4.28. The van der Waals surface area contributed by atoms with Crippen LogP contribution in [0.5, 0.6) is 0 Å². The van der Waals surface area contributed by atoms with Crippen LogP contribution in [0.25, 0.3) is 0 Å². The molecule has 0 aliphatic rings. The summed E-state index contributed by atoms with van der Waals surface area (Å²) < 4.78 is 37.9. The zero-order valence-electron chi connectivity index (χ0n) is 9.66. The predicted octanol–water partition coefficient (Wildman–Crippen LogP) is 3.61. The summed E-state index contributed by atoms with van der Waals surface area (Å²) in [4.78, 5) is 0. The summed E-state index contributed by atoms with van der Waals surface area (Å²) >= 11 is 12.9. The molecule has 0 aliphatic carbocycles. The number of hydrogen-bond acceptors (Lipinski definition) is 4. The zero-order chi connectivity index (χ0) is 14.9. The lowest BCUT2D eigenvalue weighted by Crippen LogP contribution is -2.21. The first-order chi connectivity index (χ1) is 9.30. The van der Waals surface area contributed by atoms with Crippen LogP contribution in [0.15, 0.2) is 23.4 Å². The molecule has 0 spiro atoms. The van der Waals surface area contributed by atoms with Gasteiger partial charge in [0.15, 0.2) is 0 Å². The molecule has 2 rings (SSSR count). The lowest BCUT2D eigenvalue weighted by Gasteiger charge is -2.07. The van der Waals surface area contributed by atoms with E-state index in [9.17, 15) is 13.2 Å². The number of rotatable bonds is 3. The first-order valence-corrected chi connectivity index (χ1v) is 6.88. The lowest BCUT2D eigenvalue weighted by atomic mass is 10.2. The Hall–Kier alpha value is -1.12. The molecule has 20 heavy (non-hydrogen) atoms. The number of halogens is 5. The maximum atomic E-state index is 12.5. The largest absolute Gasteiger partial charge is 0.453 e. The van der Waals surface area contributed by atoms with Crippen molar-refractivity contribution in [2.45, 2.75) is 17.1 Å². The van der Waals surface area contributed by atoms with Crippen molar-refractivity contribution in [3.63, 3.8) is 0 Å². The van der Waals surface area contributed by atoms with Crippen LogP contribution in [0.2, 0.25) is 10.0 Å². The fraction of sp³-hybridized carbons (Fsp3) is 0.200. The highest BCUT2D eigenvalue weighted by molar-refractivity contribution is 7.98. The topological polar surface area (TPSA) is 56.7 Å². The van der Waals surface area contributed by atoms with Crippen molar-refractivity contribution >= 4 is 35.0 Å². The van der Waals surface area contributed by atoms with Gasteiger partial charge in [-0.15, -0.1) is 10.2 Å². The van der Waals surface area contributed by atoms with Crippen LogP contribution in [0, 0.1) is 0 Å². The van der Waals surface area contributed by atoms with Crippen molar-refractivity contribution in [3.05, 3.63) is 39.6 Å². The molecule has 0 fully saturated rings. The first-order valence-electron chi connectivity index (χ1n) is 5.14. The number of nitrogens with two attached hydrogens (primary N) is 1. The summed E-state index contributed by atoms with van der Waals surface area (Å²) in [5, 5.41) is 7.19. The molecule has 0 atom stereocenters. The van der Waals surface area contributed by atoms with E-state index in [0.717, 1.165) is 11.8 Å². The predicted molar refractivity (Wildman–Crippen MR) is 71.2 cm³/mol. The van der Waals surface area contributed by atoms with E-state index in [0.29, 0.717) is 20.3 Å². The second-order valence-electron chi connectivity index (χ2n) is 3.66.